The van der Waals surface area contributed by atoms with Crippen LogP contribution in [0.1, 0.15) is 84.7 Å². The smallest absolute Gasteiger partial charge is 0.262 e. The lowest BCUT2D eigenvalue weighted by Gasteiger charge is -2.37. The van der Waals surface area contributed by atoms with E-state index in [-0.39, 0.29) is 48.2 Å². The molecule has 7 heterocycles. The highest BCUT2D eigenvalue weighted by atomic mass is 32.2. The number of nitrogens with zero attached hydrogens (tertiary/aromatic N) is 10. The first-order valence-electron chi connectivity index (χ1n) is 19.5. The van der Waals surface area contributed by atoms with Crippen LogP contribution in [-0.2, 0) is 26.2 Å². The normalized spacial score (nSPS) is 19.1. The fourth-order valence-electron chi connectivity index (χ4n) is 8.06. The van der Waals surface area contributed by atoms with Crippen LogP contribution in [0.3, 0.4) is 0 Å². The average Bonchev–Trinajstić information content (AvgIpc) is 3.76. The number of rotatable bonds is 11. The Kier molecular flexibility index (Phi) is 9.49. The molecule has 3 fully saturated rings. The zero-order valence-electron chi connectivity index (χ0n) is 32.5. The molecule has 1 unspecified atom stereocenters. The van der Waals surface area contributed by atoms with Crippen molar-refractivity contribution in [3.63, 3.8) is 0 Å². The van der Waals surface area contributed by atoms with Crippen molar-refractivity contribution in [1.29, 1.82) is 0 Å². The number of pyridine rings is 1. The summed E-state index contributed by atoms with van der Waals surface area (Å²) in [5.41, 5.74) is 1.58. The number of halogens is 1. The van der Waals surface area contributed by atoms with Crippen LogP contribution in [-0.4, -0.2) is 113 Å². The summed E-state index contributed by atoms with van der Waals surface area (Å²) in [5, 5.41) is 15.0. The topological polar surface area (TPSA) is 211 Å². The summed E-state index contributed by atoms with van der Waals surface area (Å²) in [4.78, 5) is 69.3. The van der Waals surface area contributed by atoms with E-state index in [9.17, 15) is 27.6 Å². The fraction of sp³-hybridized carbons (Fsp3) is 0.410. The number of hydrogen-bond donors (Lipinski definition) is 2. The van der Waals surface area contributed by atoms with E-state index >= 15 is 4.39 Å². The summed E-state index contributed by atoms with van der Waals surface area (Å²) >= 11 is 0. The van der Waals surface area contributed by atoms with Crippen LogP contribution < -0.4 is 15.5 Å². The lowest BCUT2D eigenvalue weighted by molar-refractivity contribution is -0.136. The summed E-state index contributed by atoms with van der Waals surface area (Å²) in [6, 6.07) is 5.12. The second-order valence-corrected chi connectivity index (χ2v) is 17.8. The Labute approximate surface area is 337 Å². The third-order valence-corrected chi connectivity index (χ3v) is 13.4. The summed E-state index contributed by atoms with van der Waals surface area (Å²) in [6.45, 7) is 5.68. The largest absolute Gasteiger partial charge is 0.354 e. The van der Waals surface area contributed by atoms with E-state index < -0.39 is 50.8 Å². The Morgan fingerprint density at radius 1 is 0.966 bits per heavy atom. The van der Waals surface area contributed by atoms with Crippen LogP contribution in [0, 0.1) is 5.82 Å². The van der Waals surface area contributed by atoms with Crippen molar-refractivity contribution in [1.82, 2.24) is 49.0 Å². The molecule has 0 spiro atoms. The van der Waals surface area contributed by atoms with Gasteiger partial charge in [-0.15, -0.1) is 0 Å². The number of benzene rings is 1. The number of anilines is 3. The lowest BCUT2D eigenvalue weighted by atomic mass is 10.0. The van der Waals surface area contributed by atoms with E-state index in [0.29, 0.717) is 49.0 Å². The summed E-state index contributed by atoms with van der Waals surface area (Å²) in [6.07, 6.45) is 9.05. The predicted molar refractivity (Wildman–Crippen MR) is 212 cm³/mol. The highest BCUT2D eigenvalue weighted by Crippen LogP contribution is 2.35. The molecular formula is C39H41FN12O6S. The van der Waals surface area contributed by atoms with E-state index in [2.05, 4.69) is 44.4 Å². The van der Waals surface area contributed by atoms with E-state index in [0.717, 1.165) is 44.6 Å². The SMILES string of the molecule is CC(C)n1nc(N2CCC(N(C)Cc3cc4c(cc3F)C(=O)N(C3CCC(=O)NC3=O)C4=O)CC2)c2cnc(Nc3ccnc(-c4cnn(S(=O)(=O)C5CC5)c4)n3)cc21. The molecular weight excluding hydrogens is 784 g/mol. The molecule has 18 nitrogen and oxygen atoms in total. The summed E-state index contributed by atoms with van der Waals surface area (Å²) in [7, 11) is -1.61. The second-order valence-electron chi connectivity index (χ2n) is 15.8. The first-order valence-corrected chi connectivity index (χ1v) is 21.0. The number of carbonyl (C=O) groups excluding carboxylic acids is 4. The van der Waals surface area contributed by atoms with Gasteiger partial charge in [-0.05, 0) is 71.2 Å². The Hall–Kier alpha value is -6.15. The number of nitrogens with one attached hydrogen (secondary N) is 2. The molecule has 4 aliphatic rings. The minimum atomic E-state index is -3.52. The molecule has 20 heteroatoms. The first kappa shape index (κ1) is 38.4. The Bertz CT molecular complexity index is 2670. The van der Waals surface area contributed by atoms with Gasteiger partial charge in [0.15, 0.2) is 11.6 Å². The number of imide groups is 2. The zero-order chi connectivity index (χ0) is 41.3. The van der Waals surface area contributed by atoms with Gasteiger partial charge in [0.05, 0.1) is 45.2 Å². The second kappa shape index (κ2) is 14.6. The molecule has 0 bridgehead atoms. The number of hydrogen-bond acceptors (Lipinski definition) is 14. The van der Waals surface area contributed by atoms with Crippen molar-refractivity contribution < 1.29 is 32.0 Å². The van der Waals surface area contributed by atoms with Crippen molar-refractivity contribution in [3.8, 4) is 11.4 Å². The molecule has 1 aliphatic carbocycles. The molecule has 9 rings (SSSR count). The van der Waals surface area contributed by atoms with Crippen LogP contribution in [0.15, 0.2) is 49.1 Å². The van der Waals surface area contributed by atoms with Gasteiger partial charge in [0.25, 0.3) is 21.8 Å². The van der Waals surface area contributed by atoms with Gasteiger partial charge in [0.1, 0.15) is 23.5 Å². The molecule has 4 aromatic heterocycles. The van der Waals surface area contributed by atoms with Gasteiger partial charge in [0.2, 0.25) is 11.8 Å². The number of fused-ring (bicyclic) bond motifs is 2. The molecule has 306 valence electrons. The minimum Gasteiger partial charge on any atom is -0.354 e. The average molecular weight is 825 g/mol. The molecule has 5 aromatic rings. The van der Waals surface area contributed by atoms with Crippen LogP contribution in [0.25, 0.3) is 22.3 Å². The Morgan fingerprint density at radius 2 is 1.71 bits per heavy atom. The molecule has 0 radical (unpaired) electrons. The Morgan fingerprint density at radius 3 is 2.42 bits per heavy atom. The van der Waals surface area contributed by atoms with Crippen molar-refractivity contribution in [3.05, 3.63) is 71.6 Å². The van der Waals surface area contributed by atoms with E-state index in [1.165, 1.54) is 18.5 Å². The standard InChI is InChI=1S/C39H41FN12O6S/c1-21(2)52-31-16-33(44-32-8-11-41-35(45-32)23-17-43-50(20-23)59(57,58)25-4-5-25)42-18-28(31)36(47-52)49-12-9-24(10-13-49)48(3)19-22-14-26-27(15-29(22)40)39(56)51(38(26)55)30-6-7-34(53)46-37(30)54/h8,11,14-18,20-21,24-25,30H,4-7,9-10,12-13,19H2,1-3H3,(H,46,53,54)(H,41,42,44,45). The molecule has 4 amide bonds. The highest BCUT2D eigenvalue weighted by molar-refractivity contribution is 7.90. The van der Waals surface area contributed by atoms with E-state index in [1.54, 1.807) is 18.5 Å². The van der Waals surface area contributed by atoms with Gasteiger partial charge < -0.3 is 10.2 Å². The quantitative estimate of drug-likeness (QED) is 0.183. The number of aromatic nitrogens is 7. The molecule has 2 saturated heterocycles. The van der Waals surface area contributed by atoms with Crippen LogP contribution in [0.2, 0.25) is 0 Å². The van der Waals surface area contributed by atoms with Crippen LogP contribution in [0.5, 0.6) is 0 Å². The number of amides is 4. The molecule has 1 aromatic carbocycles. The maximum absolute atomic E-state index is 15.5. The fourth-order valence-corrected chi connectivity index (χ4v) is 9.54. The van der Waals surface area contributed by atoms with E-state index in [4.69, 9.17) is 10.1 Å². The monoisotopic (exact) mass is 824 g/mol. The van der Waals surface area contributed by atoms with Gasteiger partial charge in [-0.3, -0.25) is 39.0 Å². The maximum atomic E-state index is 15.5. The van der Waals surface area contributed by atoms with Gasteiger partial charge in [-0.2, -0.15) is 14.3 Å². The van der Waals surface area contributed by atoms with Gasteiger partial charge >= 0.3 is 0 Å². The molecule has 1 atom stereocenters. The van der Waals surface area contributed by atoms with Gasteiger partial charge in [-0.25, -0.2) is 27.8 Å². The number of carbonyl (C=O) groups is 4. The molecule has 2 N–H and O–H groups in total. The lowest BCUT2D eigenvalue weighted by Crippen LogP contribution is -2.54. The van der Waals surface area contributed by atoms with Crippen LogP contribution >= 0.6 is 0 Å². The van der Waals surface area contributed by atoms with Gasteiger partial charge in [0, 0.05) is 62.2 Å². The minimum absolute atomic E-state index is 0.000273. The molecule has 1 saturated carbocycles. The van der Waals surface area contributed by atoms with E-state index in [1.807, 2.05) is 22.7 Å². The van der Waals surface area contributed by atoms with Crippen LogP contribution in [0.4, 0.5) is 21.8 Å². The summed E-state index contributed by atoms with van der Waals surface area (Å²) < 4.78 is 43.7. The predicted octanol–water partition coefficient (Wildman–Crippen LogP) is 3.39. The maximum Gasteiger partial charge on any atom is 0.262 e. The van der Waals surface area contributed by atoms with Crippen molar-refractivity contribution >= 4 is 62.0 Å². The molecule has 3 aliphatic heterocycles. The highest BCUT2D eigenvalue weighted by Gasteiger charge is 2.45. The molecule has 59 heavy (non-hydrogen) atoms. The summed E-state index contributed by atoms with van der Waals surface area (Å²) in [5.74, 6) is -1.07. The first-order chi connectivity index (χ1) is 28.3. The third kappa shape index (κ3) is 6.98. The number of piperidine rings is 2. The zero-order valence-corrected chi connectivity index (χ0v) is 33.3. The Balaban J connectivity index is 0.867. The van der Waals surface area contributed by atoms with Crippen molar-refractivity contribution in [2.45, 2.75) is 82.3 Å². The van der Waals surface area contributed by atoms with Crippen molar-refractivity contribution in [2.75, 3.05) is 30.4 Å². The van der Waals surface area contributed by atoms with Gasteiger partial charge in [-0.1, -0.05) is 0 Å². The van der Waals surface area contributed by atoms with Crippen molar-refractivity contribution in [2.24, 2.45) is 0 Å². The third-order valence-electron chi connectivity index (χ3n) is 11.4.